The van der Waals surface area contributed by atoms with Crippen LogP contribution in [0.25, 0.3) is 10.9 Å². The average molecular weight is 349 g/mol. The number of hydrogen-bond donors (Lipinski definition) is 1. The number of fused-ring (bicyclic) bond motifs is 1. The molecule has 3 rings (SSSR count). The van der Waals surface area contributed by atoms with Gasteiger partial charge in [0.05, 0.1) is 16.0 Å². The molecule has 2 heterocycles. The highest BCUT2D eigenvalue weighted by molar-refractivity contribution is 7.89. The third-order valence-corrected chi connectivity index (χ3v) is 6.12. The molecule has 1 saturated heterocycles. The van der Waals surface area contributed by atoms with E-state index in [2.05, 4.69) is 9.88 Å². The minimum atomic E-state index is -3.55. The molecular formula is C17H23N3O3S. The lowest BCUT2D eigenvalue weighted by atomic mass is 10.1. The van der Waals surface area contributed by atoms with E-state index in [1.54, 1.807) is 44.3 Å². The Morgan fingerprint density at radius 3 is 2.50 bits per heavy atom. The molecule has 1 aliphatic heterocycles. The molecule has 1 N–H and O–H groups in total. The van der Waals surface area contributed by atoms with Gasteiger partial charge in [-0.1, -0.05) is 6.07 Å². The molecule has 0 aliphatic carbocycles. The van der Waals surface area contributed by atoms with Gasteiger partial charge in [-0.3, -0.25) is 9.88 Å². The number of aromatic nitrogens is 1. The van der Waals surface area contributed by atoms with E-state index in [1.165, 1.54) is 4.31 Å². The van der Waals surface area contributed by atoms with Gasteiger partial charge in [0, 0.05) is 44.3 Å². The SMILES string of the molecule is CC(C)(O)CN1CCN(S(=O)(=O)c2cccc3ncccc23)CC1. The summed E-state index contributed by atoms with van der Waals surface area (Å²) >= 11 is 0. The Balaban J connectivity index is 1.82. The van der Waals surface area contributed by atoms with E-state index in [1.807, 2.05) is 6.07 Å². The van der Waals surface area contributed by atoms with Crippen molar-refractivity contribution in [2.45, 2.75) is 24.3 Å². The average Bonchev–Trinajstić information content (AvgIpc) is 2.53. The van der Waals surface area contributed by atoms with Crippen LogP contribution in [0.2, 0.25) is 0 Å². The van der Waals surface area contributed by atoms with Crippen LogP contribution in [0.1, 0.15) is 13.8 Å². The summed E-state index contributed by atoms with van der Waals surface area (Å²) in [6, 6.07) is 8.73. The van der Waals surface area contributed by atoms with E-state index in [0.717, 1.165) is 0 Å². The summed E-state index contributed by atoms with van der Waals surface area (Å²) in [6.45, 7) is 6.15. The first-order chi connectivity index (χ1) is 11.3. The fraction of sp³-hybridized carbons (Fsp3) is 0.471. The molecule has 7 heteroatoms. The van der Waals surface area contributed by atoms with Crippen LogP contribution in [0.3, 0.4) is 0 Å². The van der Waals surface area contributed by atoms with Crippen LogP contribution in [0.15, 0.2) is 41.4 Å². The molecule has 1 aliphatic rings. The van der Waals surface area contributed by atoms with Crippen molar-refractivity contribution in [2.24, 2.45) is 0 Å². The fourth-order valence-corrected chi connectivity index (χ4v) is 4.74. The van der Waals surface area contributed by atoms with Gasteiger partial charge in [-0.15, -0.1) is 0 Å². The van der Waals surface area contributed by atoms with Crippen molar-refractivity contribution < 1.29 is 13.5 Å². The lowest BCUT2D eigenvalue weighted by Crippen LogP contribution is -2.51. The van der Waals surface area contributed by atoms with Crippen molar-refractivity contribution in [1.82, 2.24) is 14.2 Å². The molecule has 24 heavy (non-hydrogen) atoms. The normalized spacial score (nSPS) is 18.1. The largest absolute Gasteiger partial charge is 0.389 e. The highest BCUT2D eigenvalue weighted by Crippen LogP contribution is 2.25. The Hall–Kier alpha value is -1.54. The van der Waals surface area contributed by atoms with E-state index < -0.39 is 15.6 Å². The highest BCUT2D eigenvalue weighted by atomic mass is 32.2. The van der Waals surface area contributed by atoms with Crippen LogP contribution < -0.4 is 0 Å². The summed E-state index contributed by atoms with van der Waals surface area (Å²) in [5, 5.41) is 10.6. The lowest BCUT2D eigenvalue weighted by molar-refractivity contribution is 0.0263. The molecule has 0 unspecified atom stereocenters. The molecule has 0 bridgehead atoms. The first-order valence-corrected chi connectivity index (χ1v) is 9.50. The Bertz CT molecular complexity index is 817. The molecule has 0 spiro atoms. The van der Waals surface area contributed by atoms with Gasteiger partial charge >= 0.3 is 0 Å². The zero-order valence-electron chi connectivity index (χ0n) is 14.0. The second-order valence-corrected chi connectivity index (χ2v) is 8.73. The van der Waals surface area contributed by atoms with Crippen LogP contribution in [-0.4, -0.2) is 66.0 Å². The molecule has 0 radical (unpaired) electrons. The number of pyridine rings is 1. The number of sulfonamides is 1. The molecule has 0 amide bonds. The molecular weight excluding hydrogens is 326 g/mol. The summed E-state index contributed by atoms with van der Waals surface area (Å²) in [5.41, 5.74) is -0.0956. The van der Waals surface area contributed by atoms with Gasteiger partial charge in [-0.2, -0.15) is 4.31 Å². The van der Waals surface area contributed by atoms with Gasteiger partial charge in [0.15, 0.2) is 0 Å². The van der Waals surface area contributed by atoms with Crippen molar-refractivity contribution >= 4 is 20.9 Å². The minimum absolute atomic E-state index is 0.309. The van der Waals surface area contributed by atoms with E-state index in [-0.39, 0.29) is 0 Å². The van der Waals surface area contributed by atoms with Crippen molar-refractivity contribution in [2.75, 3.05) is 32.7 Å². The second-order valence-electron chi connectivity index (χ2n) is 6.82. The maximum absolute atomic E-state index is 13.0. The molecule has 1 aromatic carbocycles. The first kappa shape index (κ1) is 17.3. The number of nitrogens with zero attached hydrogens (tertiary/aromatic N) is 3. The number of benzene rings is 1. The van der Waals surface area contributed by atoms with Crippen LogP contribution in [0.4, 0.5) is 0 Å². The summed E-state index contributed by atoms with van der Waals surface area (Å²) in [6.07, 6.45) is 1.66. The van der Waals surface area contributed by atoms with Gasteiger partial charge in [-0.25, -0.2) is 8.42 Å². The van der Waals surface area contributed by atoms with Gasteiger partial charge in [0.2, 0.25) is 10.0 Å². The predicted octanol–water partition coefficient (Wildman–Crippen LogP) is 1.31. The van der Waals surface area contributed by atoms with Crippen LogP contribution in [0.5, 0.6) is 0 Å². The number of aliphatic hydroxyl groups is 1. The number of piperazine rings is 1. The van der Waals surface area contributed by atoms with Crippen LogP contribution in [0, 0.1) is 0 Å². The third-order valence-electron chi connectivity index (χ3n) is 4.17. The summed E-state index contributed by atoms with van der Waals surface area (Å²) in [4.78, 5) is 6.64. The zero-order chi connectivity index (χ0) is 17.4. The lowest BCUT2D eigenvalue weighted by Gasteiger charge is -2.36. The maximum atomic E-state index is 13.0. The van der Waals surface area contributed by atoms with Gasteiger partial charge < -0.3 is 5.11 Å². The smallest absolute Gasteiger partial charge is 0.243 e. The summed E-state index contributed by atoms with van der Waals surface area (Å²) in [5.74, 6) is 0. The standard InChI is InChI=1S/C17H23N3O3S/c1-17(2,21)13-19-9-11-20(12-10-19)24(22,23)16-7-3-6-15-14(16)5-4-8-18-15/h3-8,21H,9-13H2,1-2H3. The highest BCUT2D eigenvalue weighted by Gasteiger charge is 2.31. The van der Waals surface area contributed by atoms with Crippen molar-refractivity contribution in [1.29, 1.82) is 0 Å². The number of rotatable bonds is 4. The summed E-state index contributed by atoms with van der Waals surface area (Å²) in [7, 11) is -3.55. The van der Waals surface area contributed by atoms with Crippen molar-refractivity contribution in [3.05, 3.63) is 36.5 Å². The molecule has 6 nitrogen and oxygen atoms in total. The van der Waals surface area contributed by atoms with E-state index in [0.29, 0.717) is 48.5 Å². The number of β-amino-alcohol motifs (C(OH)–C–C–N with tert-alkyl or cyclic N) is 1. The van der Waals surface area contributed by atoms with Gasteiger partial charge in [0.1, 0.15) is 0 Å². The zero-order valence-corrected chi connectivity index (χ0v) is 14.8. The van der Waals surface area contributed by atoms with Gasteiger partial charge in [-0.05, 0) is 38.1 Å². The van der Waals surface area contributed by atoms with Crippen molar-refractivity contribution in [3.8, 4) is 0 Å². The van der Waals surface area contributed by atoms with Gasteiger partial charge in [0.25, 0.3) is 0 Å². The second kappa shape index (κ2) is 6.40. The quantitative estimate of drug-likeness (QED) is 0.901. The Labute approximate surface area is 142 Å². The number of hydrogen-bond acceptors (Lipinski definition) is 5. The minimum Gasteiger partial charge on any atom is -0.389 e. The molecule has 130 valence electrons. The van der Waals surface area contributed by atoms with E-state index >= 15 is 0 Å². The maximum Gasteiger partial charge on any atom is 0.243 e. The molecule has 2 aromatic rings. The predicted molar refractivity (Wildman–Crippen MR) is 93.2 cm³/mol. The van der Waals surface area contributed by atoms with Crippen LogP contribution >= 0.6 is 0 Å². The van der Waals surface area contributed by atoms with E-state index in [4.69, 9.17) is 0 Å². The third kappa shape index (κ3) is 3.59. The summed E-state index contributed by atoms with van der Waals surface area (Å²) < 4.78 is 27.6. The monoisotopic (exact) mass is 349 g/mol. The van der Waals surface area contributed by atoms with Crippen molar-refractivity contribution in [3.63, 3.8) is 0 Å². The Morgan fingerprint density at radius 1 is 1.12 bits per heavy atom. The Kier molecular flexibility index (Phi) is 4.61. The molecule has 1 fully saturated rings. The molecule has 0 atom stereocenters. The van der Waals surface area contributed by atoms with Crippen LogP contribution in [-0.2, 0) is 10.0 Å². The first-order valence-electron chi connectivity index (χ1n) is 8.06. The molecule has 1 aromatic heterocycles. The topological polar surface area (TPSA) is 73.7 Å². The van der Waals surface area contributed by atoms with E-state index in [9.17, 15) is 13.5 Å². The molecule has 0 saturated carbocycles. The Morgan fingerprint density at radius 2 is 1.83 bits per heavy atom. The fourth-order valence-electron chi connectivity index (χ4n) is 3.11.